The Labute approximate surface area is 117 Å². The van der Waals surface area contributed by atoms with Gasteiger partial charge in [0.2, 0.25) is 0 Å². The van der Waals surface area contributed by atoms with E-state index in [0.29, 0.717) is 0 Å². The summed E-state index contributed by atoms with van der Waals surface area (Å²) >= 11 is 1.68. The molecule has 2 aromatic heterocycles. The SMILES string of the molecule is CC1(C)OB(c2ccc(-c3ccoc3)s2)OC1(C)C. The van der Waals surface area contributed by atoms with Crippen molar-refractivity contribution >= 4 is 23.2 Å². The van der Waals surface area contributed by atoms with E-state index in [1.165, 1.54) is 4.88 Å². The predicted molar refractivity (Wildman–Crippen MR) is 77.7 cm³/mol. The van der Waals surface area contributed by atoms with E-state index in [0.717, 1.165) is 10.3 Å². The van der Waals surface area contributed by atoms with E-state index in [1.54, 1.807) is 23.9 Å². The van der Waals surface area contributed by atoms with E-state index >= 15 is 0 Å². The fraction of sp³-hybridized carbons (Fsp3) is 0.429. The molecule has 1 aliphatic rings. The van der Waals surface area contributed by atoms with Crippen LogP contribution in [0.2, 0.25) is 0 Å². The molecule has 5 heteroatoms. The molecule has 1 saturated heterocycles. The third-order valence-corrected chi connectivity index (χ3v) is 5.07. The predicted octanol–water partition coefficient (Wildman–Crippen LogP) is 3.31. The van der Waals surface area contributed by atoms with Gasteiger partial charge in [-0.2, -0.15) is 0 Å². The lowest BCUT2D eigenvalue weighted by Crippen LogP contribution is -2.41. The molecule has 1 aliphatic heterocycles. The highest BCUT2D eigenvalue weighted by molar-refractivity contribution is 7.25. The first-order valence-electron chi connectivity index (χ1n) is 6.37. The van der Waals surface area contributed by atoms with Crippen molar-refractivity contribution in [2.75, 3.05) is 0 Å². The molecule has 0 radical (unpaired) electrons. The number of thiophene rings is 1. The highest BCUT2D eigenvalue weighted by Gasteiger charge is 2.52. The zero-order valence-corrected chi connectivity index (χ0v) is 12.4. The van der Waals surface area contributed by atoms with Crippen LogP contribution in [-0.4, -0.2) is 18.3 Å². The van der Waals surface area contributed by atoms with Gasteiger partial charge in [-0.15, -0.1) is 11.3 Å². The molecule has 100 valence electrons. The van der Waals surface area contributed by atoms with E-state index in [1.807, 2.05) is 6.07 Å². The van der Waals surface area contributed by atoms with Gasteiger partial charge in [-0.25, -0.2) is 0 Å². The van der Waals surface area contributed by atoms with Crippen molar-refractivity contribution in [2.45, 2.75) is 38.9 Å². The van der Waals surface area contributed by atoms with Crippen LogP contribution in [0.1, 0.15) is 27.7 Å². The Bertz CT molecular complexity index is 555. The lowest BCUT2D eigenvalue weighted by molar-refractivity contribution is 0.00578. The van der Waals surface area contributed by atoms with Gasteiger partial charge in [0.1, 0.15) is 0 Å². The van der Waals surface area contributed by atoms with Crippen LogP contribution in [0, 0.1) is 0 Å². The third kappa shape index (κ3) is 2.16. The Hall–Kier alpha value is -1.04. The van der Waals surface area contributed by atoms with Gasteiger partial charge >= 0.3 is 7.12 Å². The first-order chi connectivity index (χ1) is 8.89. The molecule has 0 aromatic carbocycles. The van der Waals surface area contributed by atoms with Crippen molar-refractivity contribution in [3.8, 4) is 10.4 Å². The lowest BCUT2D eigenvalue weighted by Gasteiger charge is -2.32. The summed E-state index contributed by atoms with van der Waals surface area (Å²) in [6.07, 6.45) is 3.43. The molecule has 0 aliphatic carbocycles. The molecule has 3 heterocycles. The number of furan rings is 1. The summed E-state index contributed by atoms with van der Waals surface area (Å²) in [5, 5.41) is 0. The van der Waals surface area contributed by atoms with E-state index < -0.39 is 0 Å². The summed E-state index contributed by atoms with van der Waals surface area (Å²) in [7, 11) is -0.282. The molecule has 3 rings (SSSR count). The minimum Gasteiger partial charge on any atom is -0.472 e. The highest BCUT2D eigenvalue weighted by atomic mass is 32.1. The highest BCUT2D eigenvalue weighted by Crippen LogP contribution is 2.37. The molecule has 0 amide bonds. The largest absolute Gasteiger partial charge is 0.505 e. The molecule has 0 spiro atoms. The minimum absolute atomic E-state index is 0.282. The molecule has 2 aromatic rings. The molecule has 0 unspecified atom stereocenters. The summed E-state index contributed by atoms with van der Waals surface area (Å²) < 4.78 is 18.3. The van der Waals surface area contributed by atoms with Crippen molar-refractivity contribution in [1.82, 2.24) is 0 Å². The summed E-state index contributed by atoms with van der Waals surface area (Å²) in [5.41, 5.74) is 0.502. The van der Waals surface area contributed by atoms with Crippen molar-refractivity contribution in [3.63, 3.8) is 0 Å². The second kappa shape index (κ2) is 4.23. The quantitative estimate of drug-likeness (QED) is 0.789. The normalized spacial score (nSPS) is 20.9. The third-order valence-electron chi connectivity index (χ3n) is 3.92. The van der Waals surface area contributed by atoms with Crippen LogP contribution >= 0.6 is 11.3 Å². The number of hydrogen-bond acceptors (Lipinski definition) is 4. The van der Waals surface area contributed by atoms with Crippen LogP contribution in [0.15, 0.2) is 35.1 Å². The number of hydrogen-bond donors (Lipinski definition) is 0. The van der Waals surface area contributed by atoms with E-state index in [4.69, 9.17) is 13.7 Å². The smallest absolute Gasteiger partial charge is 0.472 e. The van der Waals surface area contributed by atoms with Gasteiger partial charge in [0, 0.05) is 15.2 Å². The molecule has 0 N–H and O–H groups in total. The molecular weight excluding hydrogens is 259 g/mol. The molecule has 1 fully saturated rings. The van der Waals surface area contributed by atoms with Gasteiger partial charge in [0.25, 0.3) is 0 Å². The standard InChI is InChI=1S/C14H17BO3S/c1-13(2)14(3,4)18-15(17-13)12-6-5-11(19-12)10-7-8-16-9-10/h5-9H,1-4H3. The Morgan fingerprint density at radius 3 is 2.26 bits per heavy atom. The van der Waals surface area contributed by atoms with Crippen molar-refractivity contribution in [3.05, 3.63) is 30.7 Å². The van der Waals surface area contributed by atoms with E-state index in [9.17, 15) is 0 Å². The van der Waals surface area contributed by atoms with Gasteiger partial charge in [0.15, 0.2) is 0 Å². The summed E-state index contributed by atoms with van der Waals surface area (Å²) in [6, 6.07) is 6.10. The fourth-order valence-electron chi connectivity index (χ4n) is 2.00. The van der Waals surface area contributed by atoms with Gasteiger partial charge in [-0.3, -0.25) is 0 Å². The average Bonchev–Trinajstić information content (AvgIpc) is 3.00. The summed E-state index contributed by atoms with van der Waals surface area (Å²) in [5.74, 6) is 0. The summed E-state index contributed by atoms with van der Waals surface area (Å²) in [6.45, 7) is 8.27. The van der Waals surface area contributed by atoms with Crippen molar-refractivity contribution in [1.29, 1.82) is 0 Å². The molecule has 0 saturated carbocycles. The number of rotatable bonds is 2. The van der Waals surface area contributed by atoms with Crippen molar-refractivity contribution < 1.29 is 13.7 Å². The van der Waals surface area contributed by atoms with Crippen LogP contribution < -0.4 is 4.78 Å². The Morgan fingerprint density at radius 2 is 1.68 bits per heavy atom. The monoisotopic (exact) mass is 276 g/mol. The van der Waals surface area contributed by atoms with Gasteiger partial charge in [0.05, 0.1) is 23.7 Å². The summed E-state index contributed by atoms with van der Waals surface area (Å²) in [4.78, 5) is 1.17. The lowest BCUT2D eigenvalue weighted by atomic mass is 9.88. The van der Waals surface area contributed by atoms with Crippen LogP contribution in [0.5, 0.6) is 0 Å². The zero-order chi connectivity index (χ0) is 13.7. The Balaban J connectivity index is 1.85. The molecule has 19 heavy (non-hydrogen) atoms. The maximum Gasteiger partial charge on any atom is 0.505 e. The first-order valence-corrected chi connectivity index (χ1v) is 7.19. The second-order valence-corrected chi connectivity index (χ2v) is 6.92. The van der Waals surface area contributed by atoms with E-state index in [2.05, 4.69) is 39.8 Å². The van der Waals surface area contributed by atoms with Crippen LogP contribution in [0.25, 0.3) is 10.4 Å². The topological polar surface area (TPSA) is 31.6 Å². The fourth-order valence-corrected chi connectivity index (χ4v) is 2.95. The molecular formula is C14H17BO3S. The van der Waals surface area contributed by atoms with Gasteiger partial charge in [-0.1, -0.05) is 6.07 Å². The minimum atomic E-state index is -0.294. The maximum absolute atomic E-state index is 6.05. The zero-order valence-electron chi connectivity index (χ0n) is 11.6. The van der Waals surface area contributed by atoms with Gasteiger partial charge in [-0.05, 0) is 39.8 Å². The molecule has 3 nitrogen and oxygen atoms in total. The van der Waals surface area contributed by atoms with Crippen LogP contribution in [0.4, 0.5) is 0 Å². The van der Waals surface area contributed by atoms with Gasteiger partial charge < -0.3 is 13.7 Å². The molecule has 0 atom stereocenters. The maximum atomic E-state index is 6.05. The van der Waals surface area contributed by atoms with E-state index in [-0.39, 0.29) is 18.3 Å². The Morgan fingerprint density at radius 1 is 1.00 bits per heavy atom. The van der Waals surface area contributed by atoms with Crippen LogP contribution in [0.3, 0.4) is 0 Å². The first kappa shape index (κ1) is 13.0. The van der Waals surface area contributed by atoms with Crippen LogP contribution in [-0.2, 0) is 9.31 Å². The second-order valence-electron chi connectivity index (χ2n) is 5.80. The Kier molecular flexibility index (Phi) is 2.89. The van der Waals surface area contributed by atoms with Crippen molar-refractivity contribution in [2.24, 2.45) is 0 Å². The molecule has 0 bridgehead atoms. The average molecular weight is 276 g/mol.